The molecule has 0 aromatic rings. The normalized spacial score (nSPS) is 10.5. The van der Waals surface area contributed by atoms with Crippen molar-refractivity contribution < 1.29 is 9.90 Å². The van der Waals surface area contributed by atoms with Gasteiger partial charge in [0.1, 0.15) is 0 Å². The molecule has 0 radical (unpaired) electrons. The average molecular weight is 326 g/mol. The second-order valence-corrected chi connectivity index (χ2v) is 5.09. The summed E-state index contributed by atoms with van der Waals surface area (Å²) in [7, 11) is 0. The molecule has 0 rings (SSSR count). The Kier molecular flexibility index (Phi) is 12.4. The van der Waals surface area contributed by atoms with Gasteiger partial charge in [-0.05, 0) is 17.3 Å². The van der Waals surface area contributed by atoms with Crippen molar-refractivity contribution in [3.05, 3.63) is 0 Å². The maximum absolute atomic E-state index is 10.2. The highest BCUT2D eigenvalue weighted by Crippen LogP contribution is 2.10. The first-order chi connectivity index (χ1) is 7.27. The number of hydrogen-bond donors (Lipinski definition) is 1. The monoisotopic (exact) mass is 326 g/mol. The zero-order chi connectivity index (χ0) is 11.4. The summed E-state index contributed by atoms with van der Waals surface area (Å²) < 4.78 is 1.28. The van der Waals surface area contributed by atoms with E-state index in [1.54, 1.807) is 0 Å². The van der Waals surface area contributed by atoms with E-state index in [4.69, 9.17) is 5.11 Å². The minimum Gasteiger partial charge on any atom is -0.481 e. The molecule has 0 bridgehead atoms. The minimum atomic E-state index is -0.659. The van der Waals surface area contributed by atoms with Gasteiger partial charge in [0.05, 0.1) is 0 Å². The molecule has 0 amide bonds. The average Bonchev–Trinajstić information content (AvgIpc) is 2.20. The van der Waals surface area contributed by atoms with Crippen LogP contribution in [0.25, 0.3) is 0 Å². The van der Waals surface area contributed by atoms with Gasteiger partial charge in [0.2, 0.25) is 0 Å². The quantitative estimate of drug-likeness (QED) is 0.347. The third-order valence-corrected chi connectivity index (χ3v) is 3.29. The van der Waals surface area contributed by atoms with E-state index in [-0.39, 0.29) is 0 Å². The van der Waals surface area contributed by atoms with Crippen LogP contribution in [0.3, 0.4) is 0 Å². The van der Waals surface area contributed by atoms with Crippen molar-refractivity contribution in [2.75, 3.05) is 4.43 Å². The molecule has 0 heterocycles. The summed E-state index contributed by atoms with van der Waals surface area (Å²) in [4.78, 5) is 10.2. The molecular weight excluding hydrogens is 303 g/mol. The Hall–Kier alpha value is 0.200. The third kappa shape index (κ3) is 14.2. The summed E-state index contributed by atoms with van der Waals surface area (Å²) >= 11 is 2.43. The Labute approximate surface area is 107 Å². The van der Waals surface area contributed by atoms with Crippen molar-refractivity contribution in [3.8, 4) is 0 Å². The highest BCUT2D eigenvalue weighted by Gasteiger charge is 1.96. The van der Waals surface area contributed by atoms with Gasteiger partial charge in [-0.15, -0.1) is 0 Å². The van der Waals surface area contributed by atoms with Crippen LogP contribution < -0.4 is 0 Å². The topological polar surface area (TPSA) is 37.3 Å². The van der Waals surface area contributed by atoms with Crippen LogP contribution in [0.1, 0.15) is 64.2 Å². The van der Waals surface area contributed by atoms with Crippen LogP contribution in [0.5, 0.6) is 0 Å². The van der Waals surface area contributed by atoms with E-state index in [1.165, 1.54) is 49.4 Å². The fourth-order valence-electron chi connectivity index (χ4n) is 1.61. The Morgan fingerprint density at radius 3 is 1.60 bits per heavy atom. The highest BCUT2D eigenvalue weighted by atomic mass is 127. The van der Waals surface area contributed by atoms with E-state index in [9.17, 15) is 4.79 Å². The van der Waals surface area contributed by atoms with Crippen molar-refractivity contribution in [3.63, 3.8) is 0 Å². The lowest BCUT2D eigenvalue weighted by molar-refractivity contribution is -0.137. The first-order valence-electron chi connectivity index (χ1n) is 6.05. The maximum atomic E-state index is 10.2. The molecule has 0 aromatic heterocycles. The molecule has 3 heteroatoms. The van der Waals surface area contributed by atoms with Crippen LogP contribution in [0, 0.1) is 0 Å². The van der Waals surface area contributed by atoms with Gasteiger partial charge in [-0.1, -0.05) is 67.5 Å². The highest BCUT2D eigenvalue weighted by molar-refractivity contribution is 14.1. The molecule has 90 valence electrons. The fraction of sp³-hybridized carbons (Fsp3) is 0.917. The van der Waals surface area contributed by atoms with Crippen LogP contribution in [0.15, 0.2) is 0 Å². The molecule has 0 fully saturated rings. The lowest BCUT2D eigenvalue weighted by Gasteiger charge is -2.00. The van der Waals surface area contributed by atoms with Crippen LogP contribution >= 0.6 is 22.6 Å². The smallest absolute Gasteiger partial charge is 0.303 e. The number of rotatable bonds is 11. The summed E-state index contributed by atoms with van der Waals surface area (Å²) in [6.45, 7) is 0. The number of alkyl halides is 1. The van der Waals surface area contributed by atoms with E-state index in [2.05, 4.69) is 22.6 Å². The van der Waals surface area contributed by atoms with E-state index in [1.807, 2.05) is 0 Å². The van der Waals surface area contributed by atoms with E-state index < -0.39 is 5.97 Å². The van der Waals surface area contributed by atoms with Gasteiger partial charge in [-0.2, -0.15) is 0 Å². The molecule has 2 nitrogen and oxygen atoms in total. The Morgan fingerprint density at radius 2 is 1.20 bits per heavy atom. The van der Waals surface area contributed by atoms with Gasteiger partial charge in [0.25, 0.3) is 0 Å². The molecule has 0 saturated heterocycles. The van der Waals surface area contributed by atoms with Crippen molar-refractivity contribution >= 4 is 28.6 Å². The maximum Gasteiger partial charge on any atom is 0.303 e. The number of carboxylic acids is 1. The largest absolute Gasteiger partial charge is 0.481 e. The second kappa shape index (κ2) is 12.3. The number of carboxylic acid groups (broad SMARTS) is 1. The van der Waals surface area contributed by atoms with Crippen LogP contribution in [-0.2, 0) is 4.79 Å². The number of halogens is 1. The summed E-state index contributed by atoms with van der Waals surface area (Å²) in [6.07, 6.45) is 11.6. The summed E-state index contributed by atoms with van der Waals surface area (Å²) in [5, 5.41) is 8.44. The van der Waals surface area contributed by atoms with Gasteiger partial charge in [0, 0.05) is 6.42 Å². The number of unbranched alkanes of at least 4 members (excludes halogenated alkanes) is 8. The number of carbonyl (C=O) groups is 1. The molecule has 0 aliphatic rings. The molecule has 0 atom stereocenters. The van der Waals surface area contributed by atoms with Crippen molar-refractivity contribution in [2.24, 2.45) is 0 Å². The number of hydrogen-bond acceptors (Lipinski definition) is 1. The Bertz CT molecular complexity index is 149. The second-order valence-electron chi connectivity index (χ2n) is 4.01. The van der Waals surface area contributed by atoms with Gasteiger partial charge in [-0.3, -0.25) is 4.79 Å². The minimum absolute atomic E-state index is 0.343. The van der Waals surface area contributed by atoms with Crippen LogP contribution in [0.2, 0.25) is 0 Å². The van der Waals surface area contributed by atoms with Gasteiger partial charge in [-0.25, -0.2) is 0 Å². The number of aliphatic carboxylic acids is 1. The zero-order valence-electron chi connectivity index (χ0n) is 9.51. The van der Waals surface area contributed by atoms with Crippen molar-refractivity contribution in [2.45, 2.75) is 64.2 Å². The first-order valence-corrected chi connectivity index (χ1v) is 7.57. The van der Waals surface area contributed by atoms with Crippen LogP contribution in [-0.4, -0.2) is 15.5 Å². The molecule has 0 aliphatic carbocycles. The van der Waals surface area contributed by atoms with Gasteiger partial charge < -0.3 is 5.11 Å². The molecule has 0 saturated carbocycles. The third-order valence-electron chi connectivity index (χ3n) is 2.52. The Balaban J connectivity index is 2.89. The molecule has 15 heavy (non-hydrogen) atoms. The summed E-state index contributed by atoms with van der Waals surface area (Å²) in [5.41, 5.74) is 0. The fourth-order valence-corrected chi connectivity index (χ4v) is 2.15. The standard InChI is InChI=1S/C12H23IO2/c13-11-9-7-5-3-1-2-4-6-8-10-12(14)15/h1-11H2,(H,14,15). The van der Waals surface area contributed by atoms with Crippen molar-refractivity contribution in [1.82, 2.24) is 0 Å². The van der Waals surface area contributed by atoms with E-state index in [0.717, 1.165) is 12.8 Å². The molecular formula is C12H23IO2. The molecule has 0 unspecified atom stereocenters. The van der Waals surface area contributed by atoms with E-state index in [0.29, 0.717) is 6.42 Å². The van der Waals surface area contributed by atoms with Gasteiger partial charge in [0.15, 0.2) is 0 Å². The lowest BCUT2D eigenvalue weighted by Crippen LogP contribution is -1.93. The predicted molar refractivity (Wildman–Crippen MR) is 72.7 cm³/mol. The molecule has 0 aliphatic heterocycles. The van der Waals surface area contributed by atoms with E-state index >= 15 is 0 Å². The van der Waals surface area contributed by atoms with Crippen LogP contribution in [0.4, 0.5) is 0 Å². The van der Waals surface area contributed by atoms with Crippen molar-refractivity contribution in [1.29, 1.82) is 0 Å². The summed E-state index contributed by atoms with van der Waals surface area (Å²) in [6, 6.07) is 0. The Morgan fingerprint density at radius 1 is 0.800 bits per heavy atom. The summed E-state index contributed by atoms with van der Waals surface area (Å²) in [5.74, 6) is -0.659. The molecule has 1 N–H and O–H groups in total. The SMILES string of the molecule is O=C(O)CCCCCCCCCCCI. The molecule has 0 spiro atoms. The molecule has 0 aromatic carbocycles. The first kappa shape index (κ1) is 15.2. The zero-order valence-corrected chi connectivity index (χ0v) is 11.7. The predicted octanol–water partition coefficient (Wildman–Crippen LogP) is 4.41. The van der Waals surface area contributed by atoms with Gasteiger partial charge >= 0.3 is 5.97 Å². The lowest BCUT2D eigenvalue weighted by atomic mass is 10.1.